The predicted molar refractivity (Wildman–Crippen MR) is 495 cm³/mol. The average Bonchev–Trinajstić information content (AvgIpc) is 1.64. The van der Waals surface area contributed by atoms with Gasteiger partial charge in [-0.15, -0.1) is 0 Å². The molecule has 0 aromatic heterocycles. The fourth-order valence-corrected chi connectivity index (χ4v) is 17.8. The Morgan fingerprint density at radius 3 is 1.03 bits per heavy atom. The smallest absolute Gasteiger partial charge is 0.457 e. The Bertz CT molecular complexity index is 3840. The van der Waals surface area contributed by atoms with E-state index in [1.165, 1.54) is 0 Å². The molecule has 9 rings (SSSR count). The molecule has 11 atom stereocenters. The number of ether oxygens (including phenoxy) is 4. The maximum Gasteiger partial charge on any atom is 0.457 e. The summed E-state index contributed by atoms with van der Waals surface area (Å²) >= 11 is 0. The van der Waals surface area contributed by atoms with E-state index in [1.54, 1.807) is 48.5 Å². The molecule has 0 unspecified atom stereocenters. The van der Waals surface area contributed by atoms with Gasteiger partial charge in [0.1, 0.15) is 36.5 Å². The van der Waals surface area contributed by atoms with E-state index in [0.717, 1.165) is 94.3 Å². The summed E-state index contributed by atoms with van der Waals surface area (Å²) in [7, 11) is -2.06. The fraction of sp³-hybridized carbons (Fsp3) is 0.777. The van der Waals surface area contributed by atoms with Crippen LogP contribution in [0.5, 0.6) is 0 Å². The van der Waals surface area contributed by atoms with E-state index in [2.05, 4.69) is 54.3 Å². The number of carbonyl (C=O) groups is 9. The summed E-state index contributed by atoms with van der Waals surface area (Å²) in [6.07, 6.45) is 18.7. The zero-order valence-electron chi connectivity index (χ0n) is 81.2. The van der Waals surface area contributed by atoms with Gasteiger partial charge in [-0.3, -0.25) is 33.6 Å². The number of hydrogen-bond donors (Lipinski definition) is 11. The van der Waals surface area contributed by atoms with Gasteiger partial charge in [-0.05, 0) is 283 Å². The lowest BCUT2D eigenvalue weighted by molar-refractivity contribution is -0.158. The van der Waals surface area contributed by atoms with E-state index in [0.29, 0.717) is 116 Å². The van der Waals surface area contributed by atoms with Gasteiger partial charge >= 0.3 is 64.5 Å². The van der Waals surface area contributed by atoms with Gasteiger partial charge in [-0.2, -0.15) is 0 Å². The number of nitrogens with one attached hydrogen (secondary N) is 5. The summed E-state index contributed by atoms with van der Waals surface area (Å²) in [5, 5.41) is 51.3. The number of unbranched alkanes of at least 4 members (excludes halogenated alkanes) is 4. The van der Waals surface area contributed by atoms with Gasteiger partial charge < -0.3 is 105 Å². The molecule has 2 aromatic rings. The largest absolute Gasteiger partial charge is 0.481 e. The molecule has 7 fully saturated rings. The van der Waals surface area contributed by atoms with Gasteiger partial charge in [0, 0.05) is 24.2 Å². The normalized spacial score (nSPS) is 25.7. The minimum Gasteiger partial charge on any atom is -0.481 e. The van der Waals surface area contributed by atoms with Gasteiger partial charge in [0.25, 0.3) is 0 Å². The van der Waals surface area contributed by atoms with Crippen LogP contribution in [0.2, 0.25) is 25.3 Å². The molecule has 34 heteroatoms. The maximum atomic E-state index is 13.6. The lowest BCUT2D eigenvalue weighted by Crippen LogP contribution is -2.50. The lowest BCUT2D eigenvalue weighted by Gasteiger charge is -2.32. The van der Waals surface area contributed by atoms with Crippen LogP contribution in [0.25, 0.3) is 0 Å². The van der Waals surface area contributed by atoms with Crippen LogP contribution in [-0.2, 0) is 93.6 Å². The fourth-order valence-electron chi connectivity index (χ4n) is 17.8. The number of hydrogen-bond acceptors (Lipinski definition) is 23. The van der Waals surface area contributed by atoms with Crippen molar-refractivity contribution in [1.82, 2.24) is 26.6 Å². The summed E-state index contributed by atoms with van der Waals surface area (Å²) < 4.78 is 58.6. The average molecular weight is 1800 g/mol. The molecular weight excluding hydrogens is 1640 g/mol. The monoisotopic (exact) mass is 1800 g/mol. The standard InChI is InChI=1S/C32H51BN2O7.C25H45BN2O7.C23H36BNO4.C14H27BN2O5/c1-9-25(35-28(38)40-29(2,3)4)26(36)34-24-17-19-32(21-24,27(37)39-22-23-15-11-10-12-16-23)18-13-14-20-33-41-30(5,6)31(7,8)42-33;1-9-18(28-21(32)33-22(2,3)4)19(29)27-17-12-14-25(16-17,20(30)31)13-10-11-15-26-34-23(5,6)24(7,8)35-26;1-21(2)22(3,4)29-24(28-21)15-9-8-13-23(14-12-19(25)16-23)20(26)27-17-18-10-6-5-7-11-18;1-2-11(16)12(18)17-10-5-7-14(9-10,13(19)20)6-3-4-8-15(21)22/h10-12,15-16,24-25H,9,13-14,17-22H2,1-8H3,(H,34,36)(H,35,38);17-18H,9-16H2,1-8H3,(H,27,29)(H,28,32)(H,30,31);5-7,10-11,19H,8-9,12-17,25H2,1-4H3;10-11,21-22H,2-9,16H2,1H3,(H,17,18)(H,19,20)/t24-,25-,32+;17-,18-,25+;19-,23+;10-,11-,14+/m0000/s1. The van der Waals surface area contributed by atoms with E-state index in [9.17, 15) is 53.4 Å². The molecular formula is C94H159B4N7O23. The van der Waals surface area contributed by atoms with Crippen molar-refractivity contribution in [2.24, 2.45) is 33.1 Å². The number of carboxylic acid groups (broad SMARTS) is 2. The number of esters is 2. The van der Waals surface area contributed by atoms with Gasteiger partial charge in [0.05, 0.1) is 61.3 Å². The number of alkyl carbamates (subject to hydrolysis) is 2. The number of amides is 5. The molecule has 0 spiro atoms. The summed E-state index contributed by atoms with van der Waals surface area (Å²) in [6.45, 7) is 41.2. The van der Waals surface area contributed by atoms with Gasteiger partial charge in [0.2, 0.25) is 17.7 Å². The number of rotatable bonds is 39. The molecule has 3 aliphatic heterocycles. The molecule has 4 aliphatic carbocycles. The van der Waals surface area contributed by atoms with Crippen molar-refractivity contribution >= 4 is 82.3 Å². The Labute approximate surface area is 764 Å². The molecule has 0 bridgehead atoms. The Morgan fingerprint density at radius 2 is 0.734 bits per heavy atom. The topological polar surface area (TPSA) is 439 Å². The maximum absolute atomic E-state index is 13.6. The highest BCUT2D eigenvalue weighted by Gasteiger charge is 2.55. The van der Waals surface area contributed by atoms with Crippen LogP contribution < -0.4 is 38.1 Å². The van der Waals surface area contributed by atoms with Crippen molar-refractivity contribution in [1.29, 1.82) is 0 Å². The van der Waals surface area contributed by atoms with Crippen LogP contribution in [-0.4, -0.2) is 190 Å². The zero-order chi connectivity index (χ0) is 95.7. The van der Waals surface area contributed by atoms with E-state index in [4.69, 9.17) is 68.4 Å². The summed E-state index contributed by atoms with van der Waals surface area (Å²) in [5.41, 5.74) is 7.60. The first kappa shape index (κ1) is 110. The number of aliphatic carboxylic acids is 2. The second kappa shape index (κ2) is 47.7. The van der Waals surface area contributed by atoms with E-state index >= 15 is 0 Å². The molecule has 128 heavy (non-hydrogen) atoms. The quantitative estimate of drug-likeness (QED) is 0.0128. The molecule has 5 amide bonds. The lowest BCUT2D eigenvalue weighted by atomic mass is 9.77. The van der Waals surface area contributed by atoms with Crippen molar-refractivity contribution in [3.8, 4) is 0 Å². The second-order valence-corrected chi connectivity index (χ2v) is 42.0. The van der Waals surface area contributed by atoms with Crippen molar-refractivity contribution in [3.63, 3.8) is 0 Å². The minimum atomic E-state index is -1.34. The number of carboxylic acids is 2. The summed E-state index contributed by atoms with van der Waals surface area (Å²) in [4.78, 5) is 112. The van der Waals surface area contributed by atoms with Crippen LogP contribution in [0.3, 0.4) is 0 Å². The molecule has 0 radical (unpaired) electrons. The molecule has 4 saturated carbocycles. The molecule has 30 nitrogen and oxygen atoms in total. The Hall–Kier alpha value is -6.87. The van der Waals surface area contributed by atoms with E-state index < -0.39 is 82.2 Å². The van der Waals surface area contributed by atoms with Crippen molar-refractivity contribution in [2.45, 2.75) is 444 Å². The first-order valence-electron chi connectivity index (χ1n) is 47.2. The first-order chi connectivity index (χ1) is 59.5. The highest BCUT2D eigenvalue weighted by atomic mass is 16.7. The highest BCUT2D eigenvalue weighted by molar-refractivity contribution is 6.46. The van der Waals surface area contributed by atoms with Crippen molar-refractivity contribution in [2.75, 3.05) is 0 Å². The third-order valence-corrected chi connectivity index (χ3v) is 27.6. The molecule has 720 valence electrons. The van der Waals surface area contributed by atoms with E-state index in [1.807, 2.05) is 130 Å². The van der Waals surface area contributed by atoms with Gasteiger partial charge in [-0.1, -0.05) is 133 Å². The van der Waals surface area contributed by atoms with Crippen LogP contribution >= 0.6 is 0 Å². The number of nitrogens with two attached hydrogens (primary N) is 2. The molecule has 3 heterocycles. The Morgan fingerprint density at radius 1 is 0.438 bits per heavy atom. The second-order valence-electron chi connectivity index (χ2n) is 42.0. The minimum absolute atomic E-state index is 0.0855. The summed E-state index contributed by atoms with van der Waals surface area (Å²) in [6, 6.07) is 17.0. The van der Waals surface area contributed by atoms with Gasteiger partial charge in [-0.25, -0.2) is 9.59 Å². The molecule has 13 N–H and O–H groups in total. The first-order valence-corrected chi connectivity index (χ1v) is 47.2. The Balaban J connectivity index is 0.000000270. The Kier molecular flexibility index (Phi) is 40.9. The highest BCUT2D eigenvalue weighted by Crippen LogP contribution is 2.49. The van der Waals surface area contributed by atoms with Crippen LogP contribution in [0.15, 0.2) is 60.7 Å². The van der Waals surface area contributed by atoms with E-state index in [-0.39, 0.29) is 122 Å². The third-order valence-electron chi connectivity index (χ3n) is 27.6. The molecule has 3 saturated heterocycles. The zero-order valence-corrected chi connectivity index (χ0v) is 81.2. The number of carbonyl (C=O) groups excluding carboxylic acids is 7. The SMILES string of the molecule is CC1(C)OB(CCCC[C@@]2(C(=O)OCc3ccccc3)CC[C@H](N)C2)OC1(C)C.CC[C@H](N)C(=O)N[C@H]1CC[C@@](CCCCB(O)O)(C(=O)O)C1.CC[C@H](NC(=O)OC(C)(C)C)C(=O)N[C@H]1CC[C@@](CCCCB2OC(C)(C)C(C)(C)O2)(C(=O)O)C1.CC[C@H](NC(=O)OC(C)(C)C)C(=O)N[C@H]1CC[C@@](CCCCB2OC(C)(C)C(C)(C)O2)(C(=O)OCc2ccccc2)C1. The van der Waals surface area contributed by atoms with Crippen LogP contribution in [0, 0.1) is 21.7 Å². The molecule has 2 aromatic carbocycles. The molecule has 7 aliphatic rings. The third kappa shape index (κ3) is 33.1. The number of benzene rings is 2. The van der Waals surface area contributed by atoms with Crippen LogP contribution in [0.1, 0.15) is 330 Å². The summed E-state index contributed by atoms with van der Waals surface area (Å²) in [5.74, 6) is -2.79. The van der Waals surface area contributed by atoms with Gasteiger partial charge in [0.15, 0.2) is 0 Å². The van der Waals surface area contributed by atoms with Crippen LogP contribution in [0.4, 0.5) is 9.59 Å². The van der Waals surface area contributed by atoms with Crippen molar-refractivity contribution in [3.05, 3.63) is 71.8 Å². The predicted octanol–water partition coefficient (Wildman–Crippen LogP) is 14.8. The van der Waals surface area contributed by atoms with Crippen molar-refractivity contribution < 1.29 is 110 Å².